The molecule has 0 radical (unpaired) electrons. The highest BCUT2D eigenvalue weighted by molar-refractivity contribution is 7.90. The van der Waals surface area contributed by atoms with Crippen LogP contribution in [0.4, 0.5) is 20.7 Å². The minimum absolute atomic E-state index is 0.0680. The monoisotopic (exact) mass is 508 g/mol. The zero-order chi connectivity index (χ0) is 25.6. The lowest BCUT2D eigenvalue weighted by molar-refractivity contribution is 0.0505. The highest BCUT2D eigenvalue weighted by Gasteiger charge is 2.26. The van der Waals surface area contributed by atoms with Crippen LogP contribution in [-0.2, 0) is 21.0 Å². The van der Waals surface area contributed by atoms with Crippen LogP contribution in [0.1, 0.15) is 44.2 Å². The number of likely N-dealkylation sites (tertiary alicyclic amines) is 1. The van der Waals surface area contributed by atoms with E-state index in [9.17, 15) is 17.6 Å². The molecule has 0 saturated carbocycles. The fraction of sp³-hybridized carbons (Fsp3) is 0.542. The number of nitrogens with one attached hydrogen (secondary N) is 1. The molecule has 2 heterocycles. The molecule has 11 heteroatoms. The van der Waals surface area contributed by atoms with Crippen molar-refractivity contribution in [1.82, 2.24) is 14.9 Å². The van der Waals surface area contributed by atoms with Gasteiger partial charge in [0.1, 0.15) is 33.9 Å². The summed E-state index contributed by atoms with van der Waals surface area (Å²) in [7, 11) is -3.04. The Morgan fingerprint density at radius 3 is 2.60 bits per heavy atom. The van der Waals surface area contributed by atoms with Crippen molar-refractivity contribution in [3.63, 3.8) is 0 Å². The number of carbonyl (C=O) groups is 1. The minimum atomic E-state index is -3.04. The Bertz CT molecular complexity index is 1130. The summed E-state index contributed by atoms with van der Waals surface area (Å²) in [4.78, 5) is 22.2. The molecule has 1 aliphatic rings. The van der Waals surface area contributed by atoms with Gasteiger partial charge in [-0.3, -0.25) is 0 Å². The SMILES string of the molecule is Cc1c(Nc2ccc(CCCS(C)(=O)=O)cc2F)ncnc1OC1CCN(C(=O)OC(C)C)CC1. The van der Waals surface area contributed by atoms with Gasteiger partial charge in [0.25, 0.3) is 0 Å². The van der Waals surface area contributed by atoms with E-state index < -0.39 is 15.7 Å². The lowest BCUT2D eigenvalue weighted by atomic mass is 10.1. The maximum absolute atomic E-state index is 14.7. The Hall–Kier alpha value is -2.95. The summed E-state index contributed by atoms with van der Waals surface area (Å²) in [5.74, 6) is 0.446. The number of carbonyl (C=O) groups excluding carboxylic acids is 1. The number of amides is 1. The fourth-order valence-electron chi connectivity index (χ4n) is 3.75. The Kier molecular flexibility index (Phi) is 8.87. The van der Waals surface area contributed by atoms with E-state index in [1.807, 2.05) is 13.8 Å². The number of nitrogens with zero attached hydrogens (tertiary/aromatic N) is 3. The Morgan fingerprint density at radius 1 is 1.26 bits per heavy atom. The van der Waals surface area contributed by atoms with Crippen LogP contribution >= 0.6 is 0 Å². The molecule has 0 unspecified atom stereocenters. The molecular weight excluding hydrogens is 475 g/mol. The van der Waals surface area contributed by atoms with E-state index in [1.54, 1.807) is 24.0 Å². The van der Waals surface area contributed by atoms with Crippen LogP contribution in [0.2, 0.25) is 0 Å². The van der Waals surface area contributed by atoms with Gasteiger partial charge in [-0.25, -0.2) is 27.6 Å². The van der Waals surface area contributed by atoms with Crippen molar-refractivity contribution in [2.75, 3.05) is 30.4 Å². The second-order valence-corrected chi connectivity index (χ2v) is 11.3. The van der Waals surface area contributed by atoms with Crippen LogP contribution in [0.25, 0.3) is 0 Å². The van der Waals surface area contributed by atoms with Crippen molar-refractivity contribution in [2.45, 2.75) is 58.7 Å². The van der Waals surface area contributed by atoms with E-state index in [1.165, 1.54) is 18.6 Å². The van der Waals surface area contributed by atoms with E-state index >= 15 is 0 Å². The zero-order valence-electron chi connectivity index (χ0n) is 20.6. The van der Waals surface area contributed by atoms with Gasteiger partial charge in [-0.1, -0.05) is 6.07 Å². The summed E-state index contributed by atoms with van der Waals surface area (Å²) in [6, 6.07) is 4.77. The molecule has 1 aromatic heterocycles. The van der Waals surface area contributed by atoms with E-state index in [4.69, 9.17) is 9.47 Å². The minimum Gasteiger partial charge on any atom is -0.474 e. The second-order valence-electron chi connectivity index (χ2n) is 9.06. The van der Waals surface area contributed by atoms with Crippen molar-refractivity contribution in [1.29, 1.82) is 0 Å². The third-order valence-electron chi connectivity index (χ3n) is 5.62. The van der Waals surface area contributed by atoms with Crippen LogP contribution in [0.5, 0.6) is 5.88 Å². The molecule has 0 bridgehead atoms. The molecular formula is C24H33FN4O5S. The van der Waals surface area contributed by atoms with E-state index in [2.05, 4.69) is 15.3 Å². The van der Waals surface area contributed by atoms with E-state index in [0.29, 0.717) is 56.0 Å². The molecule has 0 atom stereocenters. The Morgan fingerprint density at radius 2 is 1.97 bits per heavy atom. The van der Waals surface area contributed by atoms with Gasteiger partial charge in [0, 0.05) is 32.2 Å². The lowest BCUT2D eigenvalue weighted by Crippen LogP contribution is -2.42. The zero-order valence-corrected chi connectivity index (χ0v) is 21.4. The Balaban J connectivity index is 1.59. The quantitative estimate of drug-likeness (QED) is 0.541. The first-order valence-corrected chi connectivity index (χ1v) is 13.7. The molecule has 2 aromatic rings. The molecule has 1 fully saturated rings. The van der Waals surface area contributed by atoms with Gasteiger partial charge in [-0.15, -0.1) is 0 Å². The fourth-order valence-corrected chi connectivity index (χ4v) is 4.42. The molecule has 0 spiro atoms. The summed E-state index contributed by atoms with van der Waals surface area (Å²) in [6.07, 6.45) is 4.18. The number of hydrogen-bond donors (Lipinski definition) is 1. The predicted octanol–water partition coefficient (Wildman–Crippen LogP) is 4.03. The first-order valence-electron chi connectivity index (χ1n) is 11.7. The normalized spacial score (nSPS) is 14.7. The summed E-state index contributed by atoms with van der Waals surface area (Å²) in [5.41, 5.74) is 1.62. The second kappa shape index (κ2) is 11.7. The van der Waals surface area contributed by atoms with Gasteiger partial charge in [0.2, 0.25) is 5.88 Å². The number of sulfone groups is 1. The summed E-state index contributed by atoms with van der Waals surface area (Å²) < 4.78 is 48.6. The number of hydrogen-bond acceptors (Lipinski definition) is 8. The van der Waals surface area contributed by atoms with Gasteiger partial charge in [0.05, 0.1) is 23.1 Å². The first kappa shape index (κ1) is 26.7. The van der Waals surface area contributed by atoms with Crippen LogP contribution in [0.15, 0.2) is 24.5 Å². The van der Waals surface area contributed by atoms with Gasteiger partial charge in [-0.2, -0.15) is 0 Å². The van der Waals surface area contributed by atoms with Crippen molar-refractivity contribution in [3.8, 4) is 5.88 Å². The molecule has 1 aromatic carbocycles. The largest absolute Gasteiger partial charge is 0.474 e. The number of aryl methyl sites for hydroxylation is 1. The Labute approximate surface area is 206 Å². The van der Waals surface area contributed by atoms with Crippen LogP contribution in [0, 0.1) is 12.7 Å². The summed E-state index contributed by atoms with van der Waals surface area (Å²) >= 11 is 0. The maximum Gasteiger partial charge on any atom is 0.410 e. The number of rotatable bonds is 9. The highest BCUT2D eigenvalue weighted by atomic mass is 32.2. The van der Waals surface area contributed by atoms with Crippen molar-refractivity contribution in [3.05, 3.63) is 41.5 Å². The molecule has 1 amide bonds. The van der Waals surface area contributed by atoms with Crippen LogP contribution in [0.3, 0.4) is 0 Å². The topological polar surface area (TPSA) is 111 Å². The number of ether oxygens (including phenoxy) is 2. The number of halogens is 1. The van der Waals surface area contributed by atoms with Crippen molar-refractivity contribution in [2.24, 2.45) is 0 Å². The molecule has 192 valence electrons. The molecule has 3 rings (SSSR count). The number of piperidine rings is 1. The van der Waals surface area contributed by atoms with Crippen LogP contribution < -0.4 is 10.1 Å². The van der Waals surface area contributed by atoms with Gasteiger partial charge >= 0.3 is 6.09 Å². The van der Waals surface area contributed by atoms with E-state index in [-0.39, 0.29) is 29.7 Å². The average Bonchev–Trinajstić information content (AvgIpc) is 2.77. The van der Waals surface area contributed by atoms with Crippen LogP contribution in [-0.4, -0.2) is 66.7 Å². The molecule has 1 N–H and O–H groups in total. The van der Waals surface area contributed by atoms with Crippen molar-refractivity contribution >= 4 is 27.4 Å². The summed E-state index contributed by atoms with van der Waals surface area (Å²) in [6.45, 7) is 6.50. The molecule has 9 nitrogen and oxygen atoms in total. The summed E-state index contributed by atoms with van der Waals surface area (Å²) in [5, 5.41) is 2.99. The average molecular weight is 509 g/mol. The standard InChI is InChI=1S/C24H33FN4O5S/c1-16(2)33-24(30)29-11-9-19(10-12-29)34-23-17(3)22(26-15-27-23)28-21-8-7-18(14-20(21)25)6-5-13-35(4,31)32/h7-8,14-16,19H,5-6,9-13H2,1-4H3,(H,26,27,28). The lowest BCUT2D eigenvalue weighted by Gasteiger charge is -2.32. The predicted molar refractivity (Wildman–Crippen MR) is 131 cm³/mol. The van der Waals surface area contributed by atoms with Gasteiger partial charge < -0.3 is 19.7 Å². The number of anilines is 2. The van der Waals surface area contributed by atoms with Gasteiger partial charge in [-0.05, 0) is 51.3 Å². The maximum atomic E-state index is 14.7. The highest BCUT2D eigenvalue weighted by Crippen LogP contribution is 2.28. The van der Waals surface area contributed by atoms with E-state index in [0.717, 1.165) is 5.56 Å². The molecule has 1 saturated heterocycles. The number of benzene rings is 1. The molecule has 35 heavy (non-hydrogen) atoms. The van der Waals surface area contributed by atoms with Gasteiger partial charge in [0.15, 0.2) is 0 Å². The molecule has 1 aliphatic heterocycles. The number of aromatic nitrogens is 2. The smallest absolute Gasteiger partial charge is 0.410 e. The third-order valence-corrected chi connectivity index (χ3v) is 6.65. The van der Waals surface area contributed by atoms with Crippen molar-refractivity contribution < 1.29 is 27.1 Å². The third kappa shape index (κ3) is 8.05. The first-order chi connectivity index (χ1) is 16.5. The molecule has 0 aliphatic carbocycles.